The van der Waals surface area contributed by atoms with Gasteiger partial charge >= 0.3 is 11.9 Å². The van der Waals surface area contributed by atoms with E-state index in [2.05, 4.69) is 20.4 Å². The highest BCUT2D eigenvalue weighted by atomic mass is 35.5. The van der Waals surface area contributed by atoms with Gasteiger partial charge in [-0.1, -0.05) is 29.3 Å². The second kappa shape index (κ2) is 13.6. The van der Waals surface area contributed by atoms with Crippen LogP contribution < -0.4 is 10.6 Å². The van der Waals surface area contributed by atoms with Crippen molar-refractivity contribution in [2.75, 3.05) is 46.3 Å². The molecular formula is C24H33Cl2N5O5S. The maximum atomic E-state index is 13.5. The number of hydrogen-bond acceptors (Lipinski definition) is 6. The zero-order valence-electron chi connectivity index (χ0n) is 20.7. The van der Waals surface area contributed by atoms with Gasteiger partial charge in [0.2, 0.25) is 5.91 Å². The molecule has 3 atom stereocenters. The minimum atomic E-state index is -1.34. The number of thiocarbonyl (C=S) groups is 1. The van der Waals surface area contributed by atoms with Gasteiger partial charge in [0.25, 0.3) is 0 Å². The van der Waals surface area contributed by atoms with E-state index < -0.39 is 24.4 Å². The van der Waals surface area contributed by atoms with Crippen LogP contribution in [0.2, 0.25) is 10.0 Å². The zero-order valence-corrected chi connectivity index (χ0v) is 23.0. The molecule has 0 radical (unpaired) electrons. The van der Waals surface area contributed by atoms with Crippen molar-refractivity contribution in [2.24, 2.45) is 0 Å². The van der Waals surface area contributed by atoms with E-state index in [0.717, 1.165) is 31.5 Å². The number of carbonyl (C=O) groups is 3. The number of amides is 1. The molecule has 0 spiro atoms. The molecule has 13 heteroatoms. The lowest BCUT2D eigenvalue weighted by Gasteiger charge is -2.47. The number of piperazine rings is 1. The van der Waals surface area contributed by atoms with Crippen LogP contribution in [0.5, 0.6) is 0 Å². The van der Waals surface area contributed by atoms with Crippen molar-refractivity contribution >= 4 is 58.4 Å². The number of carboxylic acid groups (broad SMARTS) is 2. The molecule has 2 saturated heterocycles. The molecule has 4 N–H and O–H groups in total. The summed E-state index contributed by atoms with van der Waals surface area (Å²) in [4.78, 5) is 42.3. The summed E-state index contributed by atoms with van der Waals surface area (Å²) in [5.41, 5.74) is 0.788. The van der Waals surface area contributed by atoms with Gasteiger partial charge in [-0.2, -0.15) is 0 Å². The Kier molecular flexibility index (Phi) is 10.8. The fraction of sp³-hybridized carbons (Fsp3) is 0.583. The van der Waals surface area contributed by atoms with E-state index >= 15 is 0 Å². The number of likely N-dealkylation sites (tertiary alicyclic amines) is 1. The Bertz CT molecular complexity index is 1010. The summed E-state index contributed by atoms with van der Waals surface area (Å²) in [6.07, 6.45) is 1.84. The largest absolute Gasteiger partial charge is 0.481 e. The van der Waals surface area contributed by atoms with Crippen molar-refractivity contribution in [2.45, 2.75) is 43.8 Å². The van der Waals surface area contributed by atoms with Gasteiger partial charge in [-0.05, 0) is 62.9 Å². The number of likely N-dealkylation sites (N-methyl/N-ethyl adjacent to an activating group) is 1. The lowest BCUT2D eigenvalue weighted by Crippen LogP contribution is -2.66. The first-order valence-electron chi connectivity index (χ1n) is 12.2. The summed E-state index contributed by atoms with van der Waals surface area (Å²) >= 11 is 17.5. The highest BCUT2D eigenvalue weighted by Crippen LogP contribution is 2.25. The van der Waals surface area contributed by atoms with Crippen LogP contribution in [0.1, 0.15) is 24.8 Å². The van der Waals surface area contributed by atoms with Crippen LogP contribution in [0.25, 0.3) is 0 Å². The highest BCUT2D eigenvalue weighted by Gasteiger charge is 2.38. The minimum Gasteiger partial charge on any atom is -0.481 e. The van der Waals surface area contributed by atoms with E-state index in [9.17, 15) is 19.5 Å². The Balaban J connectivity index is 1.72. The van der Waals surface area contributed by atoms with Gasteiger partial charge in [0, 0.05) is 32.2 Å². The topological polar surface area (TPSA) is 125 Å². The first-order valence-corrected chi connectivity index (χ1v) is 13.4. The maximum Gasteiger partial charge on any atom is 0.326 e. The number of hydrogen-bond donors (Lipinski definition) is 4. The van der Waals surface area contributed by atoms with Gasteiger partial charge in [-0.3, -0.25) is 14.5 Å². The molecule has 3 rings (SSSR count). The predicted molar refractivity (Wildman–Crippen MR) is 145 cm³/mol. The van der Waals surface area contributed by atoms with Gasteiger partial charge < -0.3 is 30.6 Å². The number of halogens is 2. The van der Waals surface area contributed by atoms with Gasteiger partial charge in [0.05, 0.1) is 28.9 Å². The molecule has 10 nitrogen and oxygen atoms in total. The molecule has 2 heterocycles. The summed E-state index contributed by atoms with van der Waals surface area (Å²) in [6.45, 7) is 4.26. The number of carbonyl (C=O) groups excluding carboxylic acids is 1. The SMILES string of the molecule is CN1CCN(C(=O)Cc2ccc(Cl)c(Cl)c2)[C@H](CN2CCCC2)[C@@H]1CNC(=S)N[C@@H](CC(=O)O)C(=O)O. The van der Waals surface area contributed by atoms with Crippen LogP contribution in [-0.4, -0.2) is 112 Å². The summed E-state index contributed by atoms with van der Waals surface area (Å²) in [6, 6.07) is 3.63. The van der Waals surface area contributed by atoms with Crippen LogP contribution >= 0.6 is 35.4 Å². The molecular weight excluding hydrogens is 541 g/mol. The Morgan fingerprint density at radius 2 is 1.78 bits per heavy atom. The van der Waals surface area contributed by atoms with E-state index in [4.69, 9.17) is 40.5 Å². The normalized spacial score (nSPS) is 21.4. The zero-order chi connectivity index (χ0) is 27.1. The minimum absolute atomic E-state index is 0.00575. The van der Waals surface area contributed by atoms with Crippen molar-refractivity contribution in [3.63, 3.8) is 0 Å². The predicted octanol–water partition coefficient (Wildman–Crippen LogP) is 1.53. The maximum absolute atomic E-state index is 13.5. The lowest BCUT2D eigenvalue weighted by molar-refractivity contribution is -0.145. The van der Waals surface area contributed by atoms with Crippen LogP contribution in [0, 0.1) is 0 Å². The van der Waals surface area contributed by atoms with Crippen molar-refractivity contribution in [1.29, 1.82) is 0 Å². The average Bonchev–Trinajstić information content (AvgIpc) is 3.33. The standard InChI is InChI=1S/C24H33Cl2N5O5S/c1-29-8-9-31(21(32)11-15-4-5-16(25)17(26)10-15)20(14-30-6-2-3-7-30)19(29)13-27-24(37)28-18(23(35)36)12-22(33)34/h4-5,10,18-20H,2-3,6-9,11-14H2,1H3,(H,33,34)(H,35,36)(H2,27,28,37)/t18-,19-,20+/m0/s1. The molecule has 0 aromatic heterocycles. The summed E-state index contributed by atoms with van der Waals surface area (Å²) < 4.78 is 0. The molecule has 0 bridgehead atoms. The van der Waals surface area contributed by atoms with E-state index in [1.165, 1.54) is 0 Å². The monoisotopic (exact) mass is 573 g/mol. The van der Waals surface area contributed by atoms with Crippen LogP contribution in [0.15, 0.2) is 18.2 Å². The lowest BCUT2D eigenvalue weighted by atomic mass is 9.99. The van der Waals surface area contributed by atoms with Crippen LogP contribution in [0.4, 0.5) is 0 Å². The summed E-state index contributed by atoms with van der Waals surface area (Å²) in [5.74, 6) is -2.54. The number of aliphatic carboxylic acids is 2. The Labute approximate surface area is 231 Å². The van der Waals surface area contributed by atoms with E-state index in [1.54, 1.807) is 18.2 Å². The van der Waals surface area contributed by atoms with Gasteiger partial charge in [-0.15, -0.1) is 0 Å². The van der Waals surface area contributed by atoms with Crippen molar-refractivity contribution in [1.82, 2.24) is 25.3 Å². The second-order valence-electron chi connectivity index (χ2n) is 9.48. The van der Waals surface area contributed by atoms with Crippen molar-refractivity contribution < 1.29 is 24.6 Å². The van der Waals surface area contributed by atoms with Gasteiger partial charge in [0.1, 0.15) is 6.04 Å². The molecule has 1 aromatic rings. The van der Waals surface area contributed by atoms with Gasteiger partial charge in [0.15, 0.2) is 5.11 Å². The molecule has 37 heavy (non-hydrogen) atoms. The third-order valence-corrected chi connectivity index (χ3v) is 7.86. The molecule has 0 aliphatic carbocycles. The smallest absolute Gasteiger partial charge is 0.326 e. The molecule has 0 unspecified atom stereocenters. The van der Waals surface area contributed by atoms with Gasteiger partial charge in [-0.25, -0.2) is 4.79 Å². The molecule has 2 aliphatic heterocycles. The number of rotatable bonds is 10. The Hall–Kier alpha value is -2.18. The first kappa shape index (κ1) is 29.4. The van der Waals surface area contributed by atoms with Crippen LogP contribution in [-0.2, 0) is 20.8 Å². The van der Waals surface area contributed by atoms with Crippen molar-refractivity contribution in [3.05, 3.63) is 33.8 Å². The average molecular weight is 575 g/mol. The molecule has 1 aromatic carbocycles. The Morgan fingerprint density at radius 3 is 2.41 bits per heavy atom. The Morgan fingerprint density at radius 1 is 1.08 bits per heavy atom. The number of carboxylic acids is 2. The van der Waals surface area contributed by atoms with Crippen molar-refractivity contribution in [3.8, 4) is 0 Å². The molecule has 0 saturated carbocycles. The summed E-state index contributed by atoms with van der Waals surface area (Å²) in [7, 11) is 1.99. The fourth-order valence-corrected chi connectivity index (χ4v) is 5.40. The third kappa shape index (κ3) is 8.41. The fourth-order valence-electron chi connectivity index (χ4n) is 4.86. The quantitative estimate of drug-likeness (QED) is 0.306. The third-order valence-electron chi connectivity index (χ3n) is 6.86. The number of nitrogens with one attached hydrogen (secondary N) is 2. The molecule has 204 valence electrons. The summed E-state index contributed by atoms with van der Waals surface area (Å²) in [5, 5.41) is 24.8. The molecule has 2 fully saturated rings. The van der Waals surface area contributed by atoms with E-state index in [-0.39, 0.29) is 29.5 Å². The van der Waals surface area contributed by atoms with E-state index in [1.807, 2.05) is 11.9 Å². The first-order chi connectivity index (χ1) is 17.5. The second-order valence-corrected chi connectivity index (χ2v) is 10.7. The number of nitrogens with zero attached hydrogens (tertiary/aromatic N) is 3. The highest BCUT2D eigenvalue weighted by molar-refractivity contribution is 7.80. The van der Waals surface area contributed by atoms with E-state index in [0.29, 0.717) is 36.2 Å². The molecule has 2 aliphatic rings. The number of benzene rings is 1. The van der Waals surface area contributed by atoms with Crippen LogP contribution in [0.3, 0.4) is 0 Å². The molecule has 1 amide bonds.